The zero-order valence-corrected chi connectivity index (χ0v) is 19.6. The minimum Gasteiger partial charge on any atom is -0.372 e. The largest absolute Gasteiger partial charge is 0.372 e. The molecular weight excluding hydrogens is 414 g/mol. The predicted molar refractivity (Wildman–Crippen MR) is 134 cm³/mol. The molecule has 4 rings (SSSR count). The molecule has 2 atom stereocenters. The number of guanidine groups is 1. The van der Waals surface area contributed by atoms with Crippen LogP contribution in [0.3, 0.4) is 0 Å². The molecule has 2 unspecified atom stereocenters. The van der Waals surface area contributed by atoms with Gasteiger partial charge in [-0.1, -0.05) is 24.3 Å². The first kappa shape index (κ1) is 23.1. The van der Waals surface area contributed by atoms with Crippen molar-refractivity contribution >= 4 is 23.2 Å². The minimum atomic E-state index is -0.333. The molecule has 2 heterocycles. The summed E-state index contributed by atoms with van der Waals surface area (Å²) in [5.74, 6) is 0.669. The highest BCUT2D eigenvalue weighted by Crippen LogP contribution is 2.24. The molecule has 33 heavy (non-hydrogen) atoms. The molecular formula is C26H35N5O2. The first-order valence-corrected chi connectivity index (χ1v) is 12.0. The molecule has 0 saturated carbocycles. The SMILES string of the molecule is CN=C(NCc1cccc(NC(=O)C2CCCO2)c1)NC(C)c1cccc(N2CCCC2)c1. The lowest BCUT2D eigenvalue weighted by Crippen LogP contribution is -2.38. The van der Waals surface area contributed by atoms with E-state index in [1.807, 2.05) is 24.3 Å². The number of nitrogens with zero attached hydrogens (tertiary/aromatic N) is 2. The maximum Gasteiger partial charge on any atom is 0.253 e. The van der Waals surface area contributed by atoms with Crippen LogP contribution in [0, 0.1) is 0 Å². The van der Waals surface area contributed by atoms with E-state index in [2.05, 4.69) is 57.0 Å². The van der Waals surface area contributed by atoms with E-state index in [-0.39, 0.29) is 18.1 Å². The number of ether oxygens (including phenoxy) is 1. The van der Waals surface area contributed by atoms with Gasteiger partial charge in [0.25, 0.3) is 5.91 Å². The first-order chi connectivity index (χ1) is 16.1. The maximum absolute atomic E-state index is 12.3. The van der Waals surface area contributed by atoms with Crippen molar-refractivity contribution < 1.29 is 9.53 Å². The third-order valence-corrected chi connectivity index (χ3v) is 6.29. The van der Waals surface area contributed by atoms with Crippen molar-refractivity contribution in [2.24, 2.45) is 4.99 Å². The lowest BCUT2D eigenvalue weighted by molar-refractivity contribution is -0.124. The number of amides is 1. The molecule has 0 radical (unpaired) electrons. The summed E-state index contributed by atoms with van der Waals surface area (Å²) in [6, 6.07) is 16.7. The average molecular weight is 450 g/mol. The molecule has 7 nitrogen and oxygen atoms in total. The van der Waals surface area contributed by atoms with E-state index >= 15 is 0 Å². The fourth-order valence-electron chi connectivity index (χ4n) is 4.40. The summed E-state index contributed by atoms with van der Waals surface area (Å²) in [6.45, 7) is 5.69. The topological polar surface area (TPSA) is 78.0 Å². The van der Waals surface area contributed by atoms with Gasteiger partial charge in [0.15, 0.2) is 5.96 Å². The normalized spacial score (nSPS) is 19.4. The summed E-state index contributed by atoms with van der Waals surface area (Å²) in [6.07, 6.45) is 3.94. The molecule has 0 aromatic heterocycles. The van der Waals surface area contributed by atoms with Crippen molar-refractivity contribution in [1.29, 1.82) is 0 Å². The highest BCUT2D eigenvalue weighted by atomic mass is 16.5. The highest BCUT2D eigenvalue weighted by Gasteiger charge is 2.23. The number of carbonyl (C=O) groups is 1. The Kier molecular flexibility index (Phi) is 7.83. The second kappa shape index (κ2) is 11.2. The third-order valence-electron chi connectivity index (χ3n) is 6.29. The molecule has 7 heteroatoms. The van der Waals surface area contributed by atoms with Gasteiger partial charge in [-0.3, -0.25) is 9.79 Å². The molecule has 2 aromatic carbocycles. The van der Waals surface area contributed by atoms with E-state index in [1.165, 1.54) is 24.1 Å². The van der Waals surface area contributed by atoms with Crippen molar-refractivity contribution in [3.8, 4) is 0 Å². The first-order valence-electron chi connectivity index (χ1n) is 12.0. The average Bonchev–Trinajstić information content (AvgIpc) is 3.57. The van der Waals surface area contributed by atoms with Crippen molar-refractivity contribution in [1.82, 2.24) is 10.6 Å². The summed E-state index contributed by atoms with van der Waals surface area (Å²) < 4.78 is 5.47. The van der Waals surface area contributed by atoms with Gasteiger partial charge >= 0.3 is 0 Å². The van der Waals surface area contributed by atoms with Crippen LogP contribution in [0.15, 0.2) is 53.5 Å². The van der Waals surface area contributed by atoms with Gasteiger partial charge in [-0.15, -0.1) is 0 Å². The lowest BCUT2D eigenvalue weighted by atomic mass is 10.1. The number of aliphatic imine (C=N–C) groups is 1. The molecule has 1 amide bonds. The van der Waals surface area contributed by atoms with Crippen LogP contribution in [-0.4, -0.2) is 44.7 Å². The van der Waals surface area contributed by atoms with Gasteiger partial charge in [0.05, 0.1) is 6.04 Å². The number of benzene rings is 2. The summed E-state index contributed by atoms with van der Waals surface area (Å²) in [4.78, 5) is 19.2. The number of anilines is 2. The quantitative estimate of drug-likeness (QED) is 0.442. The molecule has 2 fully saturated rings. The van der Waals surface area contributed by atoms with E-state index in [0.717, 1.165) is 43.1 Å². The molecule has 2 saturated heterocycles. The molecule has 2 aliphatic rings. The summed E-state index contributed by atoms with van der Waals surface area (Å²) in [7, 11) is 1.78. The van der Waals surface area contributed by atoms with Crippen LogP contribution in [0.2, 0.25) is 0 Å². The highest BCUT2D eigenvalue weighted by molar-refractivity contribution is 5.94. The predicted octanol–water partition coefficient (Wildman–Crippen LogP) is 3.83. The zero-order valence-electron chi connectivity index (χ0n) is 19.6. The second-order valence-electron chi connectivity index (χ2n) is 8.77. The Hall–Kier alpha value is -3.06. The van der Waals surface area contributed by atoms with E-state index in [0.29, 0.717) is 13.2 Å². The Labute approximate surface area is 196 Å². The van der Waals surface area contributed by atoms with Gasteiger partial charge in [0.2, 0.25) is 0 Å². The molecule has 176 valence electrons. The summed E-state index contributed by atoms with van der Waals surface area (Å²) in [5, 5.41) is 9.84. The smallest absolute Gasteiger partial charge is 0.253 e. The van der Waals surface area contributed by atoms with Crippen LogP contribution < -0.4 is 20.9 Å². The standard InChI is InChI=1S/C26H35N5O2/c1-19(21-9-6-11-23(17-21)31-13-3-4-14-31)29-26(27-2)28-18-20-8-5-10-22(16-20)30-25(32)24-12-7-15-33-24/h5-6,8-11,16-17,19,24H,3-4,7,12-15,18H2,1-2H3,(H,30,32)(H2,27,28,29). The monoisotopic (exact) mass is 449 g/mol. The van der Waals surface area contributed by atoms with Gasteiger partial charge in [0.1, 0.15) is 6.10 Å². The van der Waals surface area contributed by atoms with Crippen LogP contribution in [-0.2, 0) is 16.1 Å². The van der Waals surface area contributed by atoms with Gasteiger partial charge in [-0.05, 0) is 68.0 Å². The van der Waals surface area contributed by atoms with E-state index < -0.39 is 0 Å². The molecule has 0 spiro atoms. The van der Waals surface area contributed by atoms with E-state index in [4.69, 9.17) is 4.74 Å². The number of rotatable bonds is 7. The Morgan fingerprint density at radius 3 is 2.73 bits per heavy atom. The van der Waals surface area contributed by atoms with Gasteiger partial charge in [0, 0.05) is 44.7 Å². The molecule has 0 aliphatic carbocycles. The molecule has 2 aliphatic heterocycles. The molecule has 2 aromatic rings. The number of nitrogens with one attached hydrogen (secondary N) is 3. The zero-order chi connectivity index (χ0) is 23.0. The Balaban J connectivity index is 1.31. The van der Waals surface area contributed by atoms with E-state index in [1.54, 1.807) is 7.05 Å². The van der Waals surface area contributed by atoms with Crippen molar-refractivity contribution in [3.63, 3.8) is 0 Å². The van der Waals surface area contributed by atoms with Crippen LogP contribution in [0.4, 0.5) is 11.4 Å². The van der Waals surface area contributed by atoms with Gasteiger partial charge < -0.3 is 25.6 Å². The van der Waals surface area contributed by atoms with Crippen LogP contribution in [0.5, 0.6) is 0 Å². The lowest BCUT2D eigenvalue weighted by Gasteiger charge is -2.22. The van der Waals surface area contributed by atoms with E-state index in [9.17, 15) is 4.79 Å². The number of hydrogen-bond donors (Lipinski definition) is 3. The third kappa shape index (κ3) is 6.26. The fourth-order valence-corrected chi connectivity index (χ4v) is 4.40. The fraction of sp³-hybridized carbons (Fsp3) is 0.462. The Morgan fingerprint density at radius 2 is 1.97 bits per heavy atom. The van der Waals surface area contributed by atoms with Crippen molar-refractivity contribution in [2.75, 3.05) is 37.0 Å². The Bertz CT molecular complexity index is 965. The van der Waals surface area contributed by atoms with Crippen LogP contribution in [0.1, 0.15) is 49.8 Å². The van der Waals surface area contributed by atoms with Gasteiger partial charge in [-0.25, -0.2) is 0 Å². The van der Waals surface area contributed by atoms with Crippen LogP contribution >= 0.6 is 0 Å². The van der Waals surface area contributed by atoms with Crippen LogP contribution in [0.25, 0.3) is 0 Å². The number of carbonyl (C=O) groups excluding carboxylic acids is 1. The maximum atomic E-state index is 12.3. The minimum absolute atomic E-state index is 0.0694. The molecule has 0 bridgehead atoms. The van der Waals surface area contributed by atoms with Gasteiger partial charge in [-0.2, -0.15) is 0 Å². The second-order valence-corrected chi connectivity index (χ2v) is 8.77. The summed E-state index contributed by atoms with van der Waals surface area (Å²) in [5.41, 5.74) is 4.38. The van der Waals surface area contributed by atoms with Crippen molar-refractivity contribution in [3.05, 3.63) is 59.7 Å². The summed E-state index contributed by atoms with van der Waals surface area (Å²) >= 11 is 0. The van der Waals surface area contributed by atoms with Crippen molar-refractivity contribution in [2.45, 2.75) is 51.3 Å². The number of hydrogen-bond acceptors (Lipinski definition) is 4. The Morgan fingerprint density at radius 1 is 1.15 bits per heavy atom. The molecule has 3 N–H and O–H groups in total.